The Bertz CT molecular complexity index is 543. The largest absolute Gasteiger partial charge is 0.494 e. The lowest BCUT2D eigenvalue weighted by Crippen LogP contribution is -2.48. The highest BCUT2D eigenvalue weighted by Gasteiger charge is 2.36. The van der Waals surface area contributed by atoms with Crippen LogP contribution in [0.4, 0.5) is 4.39 Å². The van der Waals surface area contributed by atoms with Crippen LogP contribution in [0.2, 0.25) is 0 Å². The van der Waals surface area contributed by atoms with E-state index in [0.717, 1.165) is 12.8 Å². The fraction of sp³-hybridized carbons (Fsp3) is 0.562. The lowest BCUT2D eigenvalue weighted by atomic mass is 9.98. The lowest BCUT2D eigenvalue weighted by molar-refractivity contribution is 0.0681. The zero-order chi connectivity index (χ0) is 15.0. The highest BCUT2D eigenvalue weighted by atomic mass is 35.5. The maximum atomic E-state index is 13.4. The summed E-state index contributed by atoms with van der Waals surface area (Å²) in [6.45, 7) is 0. The number of nitrogens with one attached hydrogen (secondary N) is 1. The van der Waals surface area contributed by atoms with Gasteiger partial charge in [0.2, 0.25) is 0 Å². The minimum atomic E-state index is -0.448. The van der Waals surface area contributed by atoms with E-state index in [1.165, 1.54) is 38.2 Å². The Morgan fingerprint density at radius 1 is 1.32 bits per heavy atom. The number of methoxy groups -OCH3 is 1. The molecule has 1 N–H and O–H groups in total. The molecule has 0 aliphatic carbocycles. The van der Waals surface area contributed by atoms with Crippen LogP contribution in [0.15, 0.2) is 18.2 Å². The van der Waals surface area contributed by atoms with Crippen LogP contribution in [0.3, 0.4) is 0 Å². The minimum absolute atomic E-state index is 0. The van der Waals surface area contributed by atoms with Crippen LogP contribution in [0.1, 0.15) is 36.0 Å². The summed E-state index contributed by atoms with van der Waals surface area (Å²) in [6.07, 6.45) is 4.40. The lowest BCUT2D eigenvalue weighted by Gasteiger charge is -2.35. The molecule has 3 rings (SSSR count). The number of halogens is 2. The predicted molar refractivity (Wildman–Crippen MR) is 85.3 cm³/mol. The maximum Gasteiger partial charge on any atom is 0.253 e. The molecular weight excluding hydrogens is 307 g/mol. The van der Waals surface area contributed by atoms with Crippen LogP contribution in [-0.4, -0.2) is 43.1 Å². The third kappa shape index (κ3) is 3.20. The molecule has 2 bridgehead atoms. The Labute approximate surface area is 136 Å². The monoisotopic (exact) mass is 328 g/mol. The maximum absolute atomic E-state index is 13.4. The molecule has 2 unspecified atom stereocenters. The van der Waals surface area contributed by atoms with E-state index >= 15 is 0 Å². The van der Waals surface area contributed by atoms with E-state index in [0.29, 0.717) is 17.6 Å². The van der Waals surface area contributed by atoms with Crippen molar-refractivity contribution < 1.29 is 13.9 Å². The minimum Gasteiger partial charge on any atom is -0.494 e. The van der Waals surface area contributed by atoms with E-state index in [1.807, 2.05) is 7.05 Å². The van der Waals surface area contributed by atoms with E-state index in [-0.39, 0.29) is 30.1 Å². The third-order valence-electron chi connectivity index (χ3n) is 4.71. The molecular formula is C16H22ClFN2O2. The number of nitrogens with zero attached hydrogens (tertiary/aromatic N) is 1. The average Bonchev–Trinajstić information content (AvgIpc) is 2.84. The second kappa shape index (κ2) is 6.84. The first kappa shape index (κ1) is 17.0. The van der Waals surface area contributed by atoms with Gasteiger partial charge in [-0.3, -0.25) is 4.79 Å². The van der Waals surface area contributed by atoms with Gasteiger partial charge in [0.05, 0.1) is 7.11 Å². The molecule has 2 aliphatic rings. The van der Waals surface area contributed by atoms with Crippen molar-refractivity contribution in [3.05, 3.63) is 29.6 Å². The van der Waals surface area contributed by atoms with E-state index in [4.69, 9.17) is 4.74 Å². The fourth-order valence-electron chi connectivity index (χ4n) is 3.51. The van der Waals surface area contributed by atoms with Crippen molar-refractivity contribution in [3.8, 4) is 5.75 Å². The second-order valence-corrected chi connectivity index (χ2v) is 6.03. The summed E-state index contributed by atoms with van der Waals surface area (Å²) in [5, 5.41) is 3.57. The van der Waals surface area contributed by atoms with Crippen molar-refractivity contribution in [2.45, 2.75) is 43.8 Å². The first-order valence-electron chi connectivity index (χ1n) is 7.45. The molecule has 6 heteroatoms. The Morgan fingerprint density at radius 3 is 2.55 bits per heavy atom. The van der Waals surface area contributed by atoms with Crippen molar-refractivity contribution in [2.24, 2.45) is 0 Å². The van der Waals surface area contributed by atoms with Crippen LogP contribution < -0.4 is 10.1 Å². The van der Waals surface area contributed by atoms with Gasteiger partial charge < -0.3 is 15.0 Å². The number of benzene rings is 1. The molecule has 2 fully saturated rings. The van der Waals surface area contributed by atoms with Crippen molar-refractivity contribution in [1.82, 2.24) is 10.2 Å². The van der Waals surface area contributed by atoms with Gasteiger partial charge in [0.25, 0.3) is 5.91 Å². The van der Waals surface area contributed by atoms with Crippen LogP contribution in [0.25, 0.3) is 0 Å². The van der Waals surface area contributed by atoms with Gasteiger partial charge in [-0.05, 0) is 43.9 Å². The second-order valence-electron chi connectivity index (χ2n) is 6.03. The van der Waals surface area contributed by atoms with Crippen LogP contribution in [0.5, 0.6) is 5.75 Å². The first-order valence-corrected chi connectivity index (χ1v) is 7.45. The molecule has 1 aromatic rings. The molecule has 0 spiro atoms. The quantitative estimate of drug-likeness (QED) is 0.927. The van der Waals surface area contributed by atoms with Crippen LogP contribution >= 0.6 is 12.4 Å². The molecule has 2 aliphatic heterocycles. The number of carbonyl (C=O) groups is 1. The van der Waals surface area contributed by atoms with E-state index < -0.39 is 5.82 Å². The van der Waals surface area contributed by atoms with Crippen molar-refractivity contribution >= 4 is 18.3 Å². The van der Waals surface area contributed by atoms with Crippen LogP contribution in [-0.2, 0) is 0 Å². The summed E-state index contributed by atoms with van der Waals surface area (Å²) in [5.74, 6) is -0.407. The topological polar surface area (TPSA) is 41.6 Å². The molecule has 122 valence electrons. The summed E-state index contributed by atoms with van der Waals surface area (Å²) >= 11 is 0. The number of amides is 1. The summed E-state index contributed by atoms with van der Waals surface area (Å²) in [6, 6.07) is 5.60. The Hall–Kier alpha value is -1.33. The molecule has 0 aromatic heterocycles. The Kier molecular flexibility index (Phi) is 5.29. The molecule has 0 saturated carbocycles. The highest BCUT2D eigenvalue weighted by Crippen LogP contribution is 2.30. The van der Waals surface area contributed by atoms with Crippen LogP contribution in [0, 0.1) is 5.82 Å². The SMILES string of the molecule is COc1cc(C(=O)N(C)C2CC3CCC(C2)N3)ccc1F.Cl. The van der Waals surface area contributed by atoms with Gasteiger partial charge in [0, 0.05) is 30.7 Å². The molecule has 0 radical (unpaired) electrons. The molecule has 1 aromatic carbocycles. The number of fused-ring (bicyclic) bond motifs is 2. The van der Waals surface area contributed by atoms with Gasteiger partial charge in [-0.15, -0.1) is 12.4 Å². The van der Waals surface area contributed by atoms with E-state index in [9.17, 15) is 9.18 Å². The zero-order valence-corrected chi connectivity index (χ0v) is 13.7. The van der Waals surface area contributed by atoms with Crippen molar-refractivity contribution in [3.63, 3.8) is 0 Å². The van der Waals surface area contributed by atoms with E-state index in [1.54, 1.807) is 4.90 Å². The summed E-state index contributed by atoms with van der Waals surface area (Å²) in [5.41, 5.74) is 0.474. The van der Waals surface area contributed by atoms with Gasteiger partial charge in [-0.2, -0.15) is 0 Å². The van der Waals surface area contributed by atoms with Gasteiger partial charge in [-0.1, -0.05) is 0 Å². The number of hydrogen-bond donors (Lipinski definition) is 1. The van der Waals surface area contributed by atoms with Crippen molar-refractivity contribution in [1.29, 1.82) is 0 Å². The van der Waals surface area contributed by atoms with Gasteiger partial charge in [0.15, 0.2) is 11.6 Å². The van der Waals surface area contributed by atoms with Crippen molar-refractivity contribution in [2.75, 3.05) is 14.2 Å². The number of piperidine rings is 1. The average molecular weight is 329 g/mol. The number of carbonyl (C=O) groups excluding carboxylic acids is 1. The number of ether oxygens (including phenoxy) is 1. The third-order valence-corrected chi connectivity index (χ3v) is 4.71. The summed E-state index contributed by atoms with van der Waals surface area (Å²) in [4.78, 5) is 14.4. The molecule has 2 heterocycles. The standard InChI is InChI=1S/C16H21FN2O2.ClH/c1-19(13-8-11-4-5-12(9-13)18-11)16(20)10-3-6-14(17)15(7-10)21-2;/h3,6-7,11-13,18H,4-5,8-9H2,1-2H3;1H. The highest BCUT2D eigenvalue weighted by molar-refractivity contribution is 5.94. The predicted octanol–water partition coefficient (Wildman–Crippen LogP) is 2.61. The van der Waals surface area contributed by atoms with Gasteiger partial charge >= 0.3 is 0 Å². The molecule has 2 atom stereocenters. The Morgan fingerprint density at radius 2 is 1.95 bits per heavy atom. The normalized spacial score (nSPS) is 26.2. The van der Waals surface area contributed by atoms with Gasteiger partial charge in [0.1, 0.15) is 0 Å². The van der Waals surface area contributed by atoms with E-state index in [2.05, 4.69) is 5.32 Å². The summed E-state index contributed by atoms with van der Waals surface area (Å²) in [7, 11) is 3.24. The number of hydrogen-bond acceptors (Lipinski definition) is 3. The molecule has 2 saturated heterocycles. The smallest absolute Gasteiger partial charge is 0.253 e. The number of rotatable bonds is 3. The first-order chi connectivity index (χ1) is 10.1. The fourth-order valence-corrected chi connectivity index (χ4v) is 3.51. The summed E-state index contributed by atoms with van der Waals surface area (Å²) < 4.78 is 18.4. The van der Waals surface area contributed by atoms with Gasteiger partial charge in [-0.25, -0.2) is 4.39 Å². The molecule has 4 nitrogen and oxygen atoms in total. The molecule has 1 amide bonds. The zero-order valence-electron chi connectivity index (χ0n) is 12.8. The molecule has 22 heavy (non-hydrogen) atoms. The Balaban J connectivity index is 0.00000176.